The second-order valence-corrected chi connectivity index (χ2v) is 10.9. The van der Waals surface area contributed by atoms with E-state index in [1.165, 1.54) is 17.7 Å². The van der Waals surface area contributed by atoms with Gasteiger partial charge in [0, 0.05) is 18.3 Å². The lowest BCUT2D eigenvalue weighted by Gasteiger charge is -2.17. The molecule has 172 valence electrons. The lowest BCUT2D eigenvalue weighted by Crippen LogP contribution is -2.29. The van der Waals surface area contributed by atoms with Crippen LogP contribution in [-0.4, -0.2) is 61.4 Å². The number of carbonyl (C=O) groups excluding carboxylic acids is 2. The van der Waals surface area contributed by atoms with Crippen molar-refractivity contribution >= 4 is 21.8 Å². The minimum Gasteiger partial charge on any atom is -0.477 e. The predicted molar refractivity (Wildman–Crippen MR) is 118 cm³/mol. The van der Waals surface area contributed by atoms with E-state index in [0.717, 1.165) is 17.7 Å². The number of nitrogens with one attached hydrogen (secondary N) is 1. The molecule has 1 aromatic rings. The van der Waals surface area contributed by atoms with E-state index < -0.39 is 9.84 Å². The number of hydrogen-bond donors (Lipinski definition) is 1. The number of nitrogens with zero attached hydrogens (tertiary/aromatic N) is 2. The predicted octanol–water partition coefficient (Wildman–Crippen LogP) is 2.81. The van der Waals surface area contributed by atoms with Crippen molar-refractivity contribution < 1.29 is 22.7 Å². The van der Waals surface area contributed by atoms with Crippen LogP contribution in [0.25, 0.3) is 0 Å². The maximum atomic E-state index is 12.7. The van der Waals surface area contributed by atoms with Gasteiger partial charge in [-0.1, -0.05) is 13.3 Å². The van der Waals surface area contributed by atoms with E-state index in [4.69, 9.17) is 4.74 Å². The highest BCUT2D eigenvalue weighted by Crippen LogP contribution is 2.30. The van der Waals surface area contributed by atoms with Gasteiger partial charge < -0.3 is 9.64 Å². The Morgan fingerprint density at radius 3 is 2.65 bits per heavy atom. The molecule has 3 rings (SSSR count). The van der Waals surface area contributed by atoms with Crippen molar-refractivity contribution in [3.05, 3.63) is 23.4 Å². The van der Waals surface area contributed by atoms with E-state index in [2.05, 4.69) is 10.3 Å². The average molecular weight is 452 g/mol. The highest BCUT2D eigenvalue weighted by atomic mass is 32.2. The molecule has 2 heterocycles. The summed E-state index contributed by atoms with van der Waals surface area (Å²) < 4.78 is 31.2. The standard InChI is InChI=1S/C22H33N3O5S/c1-3-18(19-11-16(2)23-21(12-19)30-14-17-7-8-17)15-31(28,29)10-6-4-5-9-25-13-20(26)24-22(25)27/h11-12,17-18H,3-10,13-15H2,1-2H3,(H,24,26,27)/t18-/m0/s1. The van der Waals surface area contributed by atoms with Crippen molar-refractivity contribution in [3.63, 3.8) is 0 Å². The molecule has 0 aromatic carbocycles. The Labute approximate surface area is 184 Å². The van der Waals surface area contributed by atoms with Crippen LogP contribution < -0.4 is 10.1 Å². The molecule has 0 radical (unpaired) electrons. The van der Waals surface area contributed by atoms with Crippen molar-refractivity contribution in [3.8, 4) is 5.88 Å². The summed E-state index contributed by atoms with van der Waals surface area (Å²) in [5.41, 5.74) is 1.80. The lowest BCUT2D eigenvalue weighted by molar-refractivity contribution is -0.118. The minimum atomic E-state index is -3.21. The number of pyridine rings is 1. The molecule has 31 heavy (non-hydrogen) atoms. The van der Waals surface area contributed by atoms with Crippen LogP contribution in [0.3, 0.4) is 0 Å². The van der Waals surface area contributed by atoms with Crippen LogP contribution in [0.1, 0.15) is 62.6 Å². The van der Waals surface area contributed by atoms with E-state index in [1.54, 1.807) is 0 Å². The Kier molecular flexibility index (Phi) is 7.91. The first kappa shape index (κ1) is 23.5. The molecule has 1 saturated carbocycles. The summed E-state index contributed by atoms with van der Waals surface area (Å²) in [6.07, 6.45) is 5.06. The number of ether oxygens (including phenoxy) is 1. The second-order valence-electron chi connectivity index (χ2n) is 8.69. The Morgan fingerprint density at radius 1 is 1.23 bits per heavy atom. The zero-order chi connectivity index (χ0) is 22.4. The number of urea groups is 1. The molecule has 0 bridgehead atoms. The van der Waals surface area contributed by atoms with E-state index in [9.17, 15) is 18.0 Å². The van der Waals surface area contributed by atoms with E-state index in [-0.39, 0.29) is 35.9 Å². The van der Waals surface area contributed by atoms with Crippen molar-refractivity contribution in [1.29, 1.82) is 0 Å². The molecule has 2 aliphatic rings. The average Bonchev–Trinajstić information content (AvgIpc) is 3.47. The number of aromatic nitrogens is 1. The van der Waals surface area contributed by atoms with Gasteiger partial charge in [-0.05, 0) is 62.5 Å². The number of carbonyl (C=O) groups is 2. The topological polar surface area (TPSA) is 106 Å². The summed E-state index contributed by atoms with van der Waals surface area (Å²) in [5, 5.41) is 2.24. The summed E-state index contributed by atoms with van der Waals surface area (Å²) >= 11 is 0. The van der Waals surface area contributed by atoms with Crippen LogP contribution in [-0.2, 0) is 14.6 Å². The molecule has 1 aliphatic heterocycles. The number of imide groups is 1. The van der Waals surface area contributed by atoms with E-state index in [1.807, 2.05) is 26.0 Å². The van der Waals surface area contributed by atoms with Gasteiger partial charge in [-0.25, -0.2) is 18.2 Å². The van der Waals surface area contributed by atoms with Crippen LogP contribution in [0, 0.1) is 12.8 Å². The minimum absolute atomic E-state index is 0.0886. The molecule has 1 atom stereocenters. The molecule has 1 N–H and O–H groups in total. The third-order valence-electron chi connectivity index (χ3n) is 5.79. The van der Waals surface area contributed by atoms with Gasteiger partial charge >= 0.3 is 6.03 Å². The van der Waals surface area contributed by atoms with Gasteiger partial charge in [-0.3, -0.25) is 10.1 Å². The number of hydrogen-bond acceptors (Lipinski definition) is 6. The van der Waals surface area contributed by atoms with Gasteiger partial charge in [0.15, 0.2) is 9.84 Å². The van der Waals surface area contributed by atoms with Crippen molar-refractivity contribution in [1.82, 2.24) is 15.2 Å². The first-order chi connectivity index (χ1) is 14.8. The zero-order valence-electron chi connectivity index (χ0n) is 18.4. The molecular formula is C22H33N3O5S. The number of sulfone groups is 1. The normalized spacial score (nSPS) is 17.7. The van der Waals surface area contributed by atoms with Crippen molar-refractivity contribution in [2.24, 2.45) is 5.92 Å². The SMILES string of the molecule is CC[C@@H](CS(=O)(=O)CCCCCN1CC(=O)NC1=O)c1cc(C)nc(OCC2CC2)c1. The summed E-state index contributed by atoms with van der Waals surface area (Å²) in [4.78, 5) is 28.6. The molecule has 9 heteroatoms. The molecule has 8 nitrogen and oxygen atoms in total. The van der Waals surface area contributed by atoms with Crippen LogP contribution in [0.2, 0.25) is 0 Å². The molecule has 0 spiro atoms. The first-order valence-electron chi connectivity index (χ1n) is 11.2. The van der Waals surface area contributed by atoms with Gasteiger partial charge in [0.2, 0.25) is 11.8 Å². The van der Waals surface area contributed by atoms with Crippen LogP contribution in [0.5, 0.6) is 5.88 Å². The molecule has 1 aromatic heterocycles. The number of aryl methyl sites for hydroxylation is 1. The number of unbranched alkanes of at least 4 members (excludes halogenated alkanes) is 2. The Balaban J connectivity index is 1.47. The second kappa shape index (κ2) is 10.4. The number of amides is 3. The van der Waals surface area contributed by atoms with E-state index >= 15 is 0 Å². The molecular weight excluding hydrogens is 418 g/mol. The van der Waals surface area contributed by atoms with Gasteiger partial charge in [0.05, 0.1) is 18.1 Å². The van der Waals surface area contributed by atoms with E-state index in [0.29, 0.717) is 44.2 Å². The molecule has 3 amide bonds. The monoisotopic (exact) mass is 451 g/mol. The third-order valence-corrected chi connectivity index (χ3v) is 7.61. The number of rotatable bonds is 13. The van der Waals surface area contributed by atoms with Gasteiger partial charge in [-0.2, -0.15) is 0 Å². The highest BCUT2D eigenvalue weighted by Gasteiger charge is 2.26. The summed E-state index contributed by atoms with van der Waals surface area (Å²) in [6, 6.07) is 3.48. The lowest BCUT2D eigenvalue weighted by atomic mass is 9.99. The first-order valence-corrected chi connectivity index (χ1v) is 13.0. The largest absolute Gasteiger partial charge is 0.477 e. The summed E-state index contributed by atoms with van der Waals surface area (Å²) in [7, 11) is -3.21. The summed E-state index contributed by atoms with van der Waals surface area (Å²) in [6.45, 7) is 5.15. The van der Waals surface area contributed by atoms with Gasteiger partial charge in [-0.15, -0.1) is 0 Å². The Hall–Kier alpha value is -2.16. The van der Waals surface area contributed by atoms with Crippen LogP contribution in [0.4, 0.5) is 4.79 Å². The van der Waals surface area contributed by atoms with Crippen LogP contribution in [0.15, 0.2) is 12.1 Å². The fourth-order valence-electron chi connectivity index (χ4n) is 3.77. The Morgan fingerprint density at radius 2 is 2.00 bits per heavy atom. The smallest absolute Gasteiger partial charge is 0.324 e. The van der Waals surface area contributed by atoms with Crippen molar-refractivity contribution in [2.75, 3.05) is 31.2 Å². The third kappa shape index (κ3) is 7.48. The van der Waals surface area contributed by atoms with Gasteiger partial charge in [0.1, 0.15) is 6.54 Å². The summed E-state index contributed by atoms with van der Waals surface area (Å²) in [5.74, 6) is 1.08. The fraction of sp³-hybridized carbons (Fsp3) is 0.682. The highest BCUT2D eigenvalue weighted by molar-refractivity contribution is 7.91. The maximum absolute atomic E-state index is 12.7. The Bertz CT molecular complexity index is 898. The molecule has 0 unspecified atom stereocenters. The fourth-order valence-corrected chi connectivity index (χ4v) is 5.62. The van der Waals surface area contributed by atoms with Gasteiger partial charge in [0.25, 0.3) is 0 Å². The molecule has 1 aliphatic carbocycles. The van der Waals surface area contributed by atoms with Crippen molar-refractivity contribution in [2.45, 2.75) is 58.3 Å². The van der Waals surface area contributed by atoms with Crippen LogP contribution >= 0.6 is 0 Å². The zero-order valence-corrected chi connectivity index (χ0v) is 19.2. The quantitative estimate of drug-likeness (QED) is 0.365. The maximum Gasteiger partial charge on any atom is 0.324 e. The molecule has 2 fully saturated rings. The molecule has 1 saturated heterocycles.